The molecule has 6 nitrogen and oxygen atoms in total. The van der Waals surface area contributed by atoms with Gasteiger partial charge in [0.2, 0.25) is 0 Å². The monoisotopic (exact) mass is 589 g/mol. The first-order valence-corrected chi connectivity index (χ1v) is 14.3. The van der Waals surface area contributed by atoms with E-state index in [1.54, 1.807) is 12.4 Å². The van der Waals surface area contributed by atoms with E-state index in [0.29, 0.717) is 11.1 Å². The van der Waals surface area contributed by atoms with Crippen molar-refractivity contribution in [2.24, 2.45) is 9.98 Å². The number of phenolic OH excluding ortho intramolecular Hbond substituents is 2. The normalized spacial score (nSPS) is 13.9. The van der Waals surface area contributed by atoms with Gasteiger partial charge in [-0.2, -0.15) is 0 Å². The topological polar surface area (TPSA) is 102 Å². The van der Waals surface area contributed by atoms with E-state index < -0.39 is 6.10 Å². The van der Waals surface area contributed by atoms with Crippen molar-refractivity contribution in [3.63, 3.8) is 0 Å². The summed E-state index contributed by atoms with van der Waals surface area (Å²) in [6.07, 6.45) is 2.50. The molecule has 0 spiro atoms. The van der Waals surface area contributed by atoms with Gasteiger partial charge in [-0.3, -0.25) is 9.98 Å². The Balaban J connectivity index is 0.00000391. The number of rotatable bonds is 6. The Morgan fingerprint density at radius 1 is 0.625 bits per heavy atom. The molecular weight excluding hydrogens is 539 g/mol. The van der Waals surface area contributed by atoms with Crippen molar-refractivity contribution in [2.45, 2.75) is 111 Å². The maximum absolute atomic E-state index is 10.9. The van der Waals surface area contributed by atoms with Gasteiger partial charge in [0.25, 0.3) is 0 Å². The first kappa shape index (κ1) is 35.8. The Kier molecular flexibility index (Phi) is 12.1. The molecule has 2 aromatic carbocycles. The number of aliphatic hydroxyl groups excluding tert-OH is 1. The van der Waals surface area contributed by atoms with E-state index in [2.05, 4.69) is 105 Å². The van der Waals surface area contributed by atoms with E-state index in [0.717, 1.165) is 39.6 Å². The zero-order chi connectivity index (χ0) is 31.3. The van der Waals surface area contributed by atoms with Crippen LogP contribution in [0.15, 0.2) is 34.3 Å². The van der Waals surface area contributed by atoms with E-state index in [4.69, 9.17) is 3.67 Å². The average molecular weight is 590 g/mol. The summed E-state index contributed by atoms with van der Waals surface area (Å²) >= 11 is 1.06. The van der Waals surface area contributed by atoms with Crippen LogP contribution in [0.2, 0.25) is 0 Å². The van der Waals surface area contributed by atoms with Crippen LogP contribution in [0, 0.1) is 0 Å². The predicted octanol–water partition coefficient (Wildman–Crippen LogP) is 7.07. The van der Waals surface area contributed by atoms with Gasteiger partial charge in [0.15, 0.2) is 0 Å². The number of aliphatic imine (C=N–C) groups is 2. The summed E-state index contributed by atoms with van der Waals surface area (Å²) in [5.74, 6) is 0.455. The Labute approximate surface area is 251 Å². The number of benzene rings is 2. The van der Waals surface area contributed by atoms with Crippen molar-refractivity contribution < 1.29 is 36.4 Å². The molecule has 40 heavy (non-hydrogen) atoms. The molecule has 0 aliphatic heterocycles. The van der Waals surface area contributed by atoms with Gasteiger partial charge in [-0.1, -0.05) is 95.2 Å². The number of aromatic hydroxyl groups is 2. The SMILES string of the molecule is CC(C)(C)c1cc(C=NCC(O)CN=Cc2cc(C(C)(C)C)cc(C(C)(C)C)c2O)c(O)c(C(C)(C)C)c1.[O]=[V]. The van der Waals surface area contributed by atoms with Crippen LogP contribution in [0.3, 0.4) is 0 Å². The van der Waals surface area contributed by atoms with E-state index in [-0.39, 0.29) is 46.2 Å². The van der Waals surface area contributed by atoms with Gasteiger partial charge in [-0.05, 0) is 44.9 Å². The van der Waals surface area contributed by atoms with Crippen LogP contribution in [-0.2, 0) is 42.7 Å². The van der Waals surface area contributed by atoms with Crippen molar-refractivity contribution >= 4 is 12.4 Å². The van der Waals surface area contributed by atoms with Gasteiger partial charge in [0.1, 0.15) is 11.5 Å². The third-order valence-electron chi connectivity index (χ3n) is 6.72. The minimum atomic E-state index is -0.785. The predicted molar refractivity (Wildman–Crippen MR) is 163 cm³/mol. The molecule has 2 aromatic rings. The van der Waals surface area contributed by atoms with Crippen LogP contribution in [-0.4, -0.2) is 46.9 Å². The molecule has 0 fully saturated rings. The average Bonchev–Trinajstić information content (AvgIpc) is 2.79. The van der Waals surface area contributed by atoms with E-state index in [9.17, 15) is 15.3 Å². The van der Waals surface area contributed by atoms with E-state index in [1.807, 2.05) is 12.1 Å². The Bertz CT molecular complexity index is 1110. The van der Waals surface area contributed by atoms with Crippen LogP contribution < -0.4 is 0 Å². The van der Waals surface area contributed by atoms with Gasteiger partial charge in [-0.25, -0.2) is 0 Å². The molecular formula is C33H50N2O4V. The van der Waals surface area contributed by atoms with Crippen LogP contribution in [0.4, 0.5) is 0 Å². The summed E-state index contributed by atoms with van der Waals surface area (Å²) < 4.78 is 8.19. The third-order valence-corrected chi connectivity index (χ3v) is 6.72. The Morgan fingerprint density at radius 2 is 0.925 bits per heavy atom. The van der Waals surface area contributed by atoms with Gasteiger partial charge in [0.05, 0.1) is 19.2 Å². The quantitative estimate of drug-likeness (QED) is 0.314. The first-order valence-electron chi connectivity index (χ1n) is 13.7. The van der Waals surface area contributed by atoms with Gasteiger partial charge in [-0.15, -0.1) is 0 Å². The molecule has 0 saturated carbocycles. The summed E-state index contributed by atoms with van der Waals surface area (Å²) in [5, 5.41) is 32.4. The summed E-state index contributed by atoms with van der Waals surface area (Å²) in [6.45, 7) is 25.7. The molecule has 0 saturated heterocycles. The molecule has 0 bridgehead atoms. The third kappa shape index (κ3) is 9.97. The number of nitrogens with zero attached hydrogens (tertiary/aromatic N) is 2. The zero-order valence-corrected chi connectivity index (χ0v) is 27.9. The molecule has 221 valence electrons. The summed E-state index contributed by atoms with van der Waals surface area (Å²) in [5.41, 5.74) is 4.72. The molecule has 0 radical (unpaired) electrons. The van der Waals surface area contributed by atoms with Crippen LogP contribution in [0.5, 0.6) is 11.5 Å². The second-order valence-corrected chi connectivity index (χ2v) is 14.6. The van der Waals surface area contributed by atoms with Crippen LogP contribution in [0.1, 0.15) is 116 Å². The second kappa shape index (κ2) is 13.6. The Morgan fingerprint density at radius 3 is 1.18 bits per heavy atom. The molecule has 0 aliphatic carbocycles. The standard InChI is InChI=1S/C33H50N2O3.O.V/c1-30(2,3)23-13-21(28(37)26(15-23)32(7,8)9)17-34-19-25(36)20-35-18-22-14-24(31(4,5)6)16-27(29(22)38)33(10,11)12;;/h13-18,25,36-38H,19-20H2,1-12H3;;. The fraction of sp³-hybridized carbons (Fsp3) is 0.576. The first-order chi connectivity index (χ1) is 18.1. The number of phenols is 2. The molecule has 0 aliphatic rings. The molecule has 0 unspecified atom stereocenters. The van der Waals surface area contributed by atoms with Crippen molar-refractivity contribution in [1.29, 1.82) is 0 Å². The fourth-order valence-corrected chi connectivity index (χ4v) is 4.12. The summed E-state index contributed by atoms with van der Waals surface area (Å²) in [7, 11) is 0. The molecule has 2 rings (SSSR count). The van der Waals surface area contributed by atoms with Gasteiger partial charge in [0, 0.05) is 34.7 Å². The number of hydrogen-bond acceptors (Lipinski definition) is 6. The van der Waals surface area contributed by atoms with Gasteiger partial charge < -0.3 is 15.3 Å². The molecule has 7 heteroatoms. The summed E-state index contributed by atoms with van der Waals surface area (Å²) in [6, 6.07) is 8.09. The second-order valence-electron chi connectivity index (χ2n) is 14.6. The van der Waals surface area contributed by atoms with Crippen LogP contribution >= 0.6 is 0 Å². The Hall–Kier alpha value is -2.28. The van der Waals surface area contributed by atoms with E-state index in [1.165, 1.54) is 0 Å². The van der Waals surface area contributed by atoms with Gasteiger partial charge >= 0.3 is 21.0 Å². The molecule has 0 heterocycles. The molecule has 0 atom stereocenters. The maximum atomic E-state index is 10.9. The van der Waals surface area contributed by atoms with Crippen molar-refractivity contribution in [3.8, 4) is 11.5 Å². The van der Waals surface area contributed by atoms with Crippen molar-refractivity contribution in [2.75, 3.05) is 13.1 Å². The summed E-state index contributed by atoms with van der Waals surface area (Å²) in [4.78, 5) is 8.85. The minimum absolute atomic E-state index is 0.0762. The van der Waals surface area contributed by atoms with E-state index >= 15 is 0 Å². The number of aliphatic hydroxyl groups is 1. The van der Waals surface area contributed by atoms with Crippen molar-refractivity contribution in [1.82, 2.24) is 0 Å². The zero-order valence-electron chi connectivity index (χ0n) is 26.5. The van der Waals surface area contributed by atoms with Crippen LogP contribution in [0.25, 0.3) is 0 Å². The molecule has 0 amide bonds. The number of hydrogen-bond donors (Lipinski definition) is 3. The fourth-order valence-electron chi connectivity index (χ4n) is 4.12. The molecule has 0 aromatic heterocycles. The molecule has 3 N–H and O–H groups in total. The van der Waals surface area contributed by atoms with Crippen molar-refractivity contribution in [3.05, 3.63) is 57.6 Å².